The molecule has 0 bridgehead atoms. The minimum Gasteiger partial charge on any atom is -0.478 e. The van der Waals surface area contributed by atoms with Crippen LogP contribution >= 0.6 is 0 Å². The molecule has 98 valence electrons. The minimum absolute atomic E-state index is 0.0188. The molecule has 2 atom stereocenters. The number of carbonyl (C=O) groups is 2. The Labute approximate surface area is 102 Å². The molecule has 7 heteroatoms. The average Bonchev–Trinajstić information content (AvgIpc) is 2.35. The summed E-state index contributed by atoms with van der Waals surface area (Å²) in [7, 11) is 1.06. The van der Waals surface area contributed by atoms with Gasteiger partial charge in [-0.2, -0.15) is 0 Å². The van der Waals surface area contributed by atoms with Crippen molar-refractivity contribution in [2.45, 2.75) is 12.2 Å². The number of aliphatic hydroxyl groups is 2. The summed E-state index contributed by atoms with van der Waals surface area (Å²) >= 11 is 0. The van der Waals surface area contributed by atoms with Crippen molar-refractivity contribution in [2.24, 2.45) is 0 Å². The molecule has 2 unspecified atom stereocenters. The van der Waals surface area contributed by atoms with E-state index in [1.165, 1.54) is 12.1 Å². The van der Waals surface area contributed by atoms with E-state index in [4.69, 9.17) is 10.8 Å². The molecule has 0 saturated heterocycles. The Bertz CT molecular complexity index is 473. The lowest BCUT2D eigenvalue weighted by Crippen LogP contribution is -2.29. The van der Waals surface area contributed by atoms with Crippen LogP contribution in [0.3, 0.4) is 0 Å². The van der Waals surface area contributed by atoms with Crippen LogP contribution in [-0.4, -0.2) is 40.5 Å². The highest BCUT2D eigenvalue weighted by Crippen LogP contribution is 2.22. The third kappa shape index (κ3) is 2.96. The van der Waals surface area contributed by atoms with Gasteiger partial charge in [0.15, 0.2) is 6.10 Å². The molecule has 0 aliphatic rings. The summed E-state index contributed by atoms with van der Waals surface area (Å²) in [6.07, 6.45) is -3.42. The average molecular weight is 255 g/mol. The van der Waals surface area contributed by atoms with Crippen molar-refractivity contribution in [3.05, 3.63) is 29.3 Å². The standard InChI is InChI=1S/C11H13NO6/c1-18-11(17)9(14)8(13)5-2-6(10(15)16)4-7(12)3-5/h2-4,8-9,13-14H,12H2,1H3,(H,15,16). The fourth-order valence-corrected chi connectivity index (χ4v) is 1.40. The molecule has 18 heavy (non-hydrogen) atoms. The highest BCUT2D eigenvalue weighted by Gasteiger charge is 2.27. The summed E-state index contributed by atoms with van der Waals surface area (Å²) in [5.74, 6) is -2.26. The molecule has 5 N–H and O–H groups in total. The number of carbonyl (C=O) groups excluding carboxylic acids is 1. The SMILES string of the molecule is COC(=O)C(O)C(O)c1cc(N)cc(C(=O)O)c1. The molecule has 0 aliphatic carbocycles. The van der Waals surface area contributed by atoms with Crippen molar-refractivity contribution in [3.8, 4) is 0 Å². The molecule has 0 spiro atoms. The predicted octanol–water partition coefficient (Wildman–Crippen LogP) is -0.466. The van der Waals surface area contributed by atoms with Gasteiger partial charge in [-0.3, -0.25) is 0 Å². The van der Waals surface area contributed by atoms with E-state index in [0.717, 1.165) is 13.2 Å². The number of esters is 1. The number of hydrogen-bond acceptors (Lipinski definition) is 6. The zero-order valence-corrected chi connectivity index (χ0v) is 9.53. The lowest BCUT2D eigenvalue weighted by molar-refractivity contribution is -0.156. The lowest BCUT2D eigenvalue weighted by atomic mass is 10.0. The van der Waals surface area contributed by atoms with E-state index in [2.05, 4.69) is 4.74 Å². The van der Waals surface area contributed by atoms with E-state index < -0.39 is 24.1 Å². The number of carboxylic acid groups (broad SMARTS) is 1. The first-order valence-corrected chi connectivity index (χ1v) is 4.94. The monoisotopic (exact) mass is 255 g/mol. The summed E-state index contributed by atoms with van der Waals surface area (Å²) < 4.78 is 4.27. The number of nitrogens with two attached hydrogens (primary N) is 1. The molecule has 1 aromatic rings. The number of anilines is 1. The number of benzene rings is 1. The van der Waals surface area contributed by atoms with Crippen LogP contribution in [0.4, 0.5) is 5.69 Å². The molecule has 1 aromatic carbocycles. The van der Waals surface area contributed by atoms with Crippen molar-refractivity contribution < 1.29 is 29.6 Å². The predicted molar refractivity (Wildman–Crippen MR) is 60.8 cm³/mol. The first-order chi connectivity index (χ1) is 8.36. The van der Waals surface area contributed by atoms with Gasteiger partial charge in [0, 0.05) is 5.69 Å². The van der Waals surface area contributed by atoms with Crippen molar-refractivity contribution in [1.29, 1.82) is 0 Å². The molecule has 0 aliphatic heterocycles. The molecule has 0 amide bonds. The zero-order chi connectivity index (χ0) is 13.9. The summed E-state index contributed by atoms with van der Waals surface area (Å²) in [6.45, 7) is 0. The molecular formula is C11H13NO6. The van der Waals surface area contributed by atoms with E-state index in [-0.39, 0.29) is 16.8 Å². The van der Waals surface area contributed by atoms with Gasteiger partial charge in [-0.1, -0.05) is 0 Å². The van der Waals surface area contributed by atoms with Gasteiger partial charge in [0.25, 0.3) is 0 Å². The Hall–Kier alpha value is -2.12. The third-order valence-corrected chi connectivity index (χ3v) is 2.31. The van der Waals surface area contributed by atoms with Crippen LogP contribution in [0.1, 0.15) is 22.0 Å². The quantitative estimate of drug-likeness (QED) is 0.422. The second-order valence-corrected chi connectivity index (χ2v) is 3.61. The first-order valence-electron chi connectivity index (χ1n) is 4.94. The number of aromatic carboxylic acids is 1. The number of aliphatic hydroxyl groups excluding tert-OH is 2. The summed E-state index contributed by atoms with van der Waals surface area (Å²) in [5.41, 5.74) is 5.44. The maximum atomic E-state index is 11.1. The molecule has 0 radical (unpaired) electrons. The van der Waals surface area contributed by atoms with Crippen LogP contribution in [-0.2, 0) is 9.53 Å². The van der Waals surface area contributed by atoms with E-state index in [1.54, 1.807) is 0 Å². The Balaban J connectivity index is 3.09. The second kappa shape index (κ2) is 5.48. The molecule has 0 fully saturated rings. The minimum atomic E-state index is -1.81. The van der Waals surface area contributed by atoms with Gasteiger partial charge < -0.3 is 25.8 Å². The smallest absolute Gasteiger partial charge is 0.337 e. The molecule has 0 heterocycles. The zero-order valence-electron chi connectivity index (χ0n) is 9.53. The third-order valence-electron chi connectivity index (χ3n) is 2.31. The van der Waals surface area contributed by atoms with Gasteiger partial charge in [0.2, 0.25) is 0 Å². The summed E-state index contributed by atoms with van der Waals surface area (Å²) in [6, 6.07) is 3.59. The van der Waals surface area contributed by atoms with Crippen LogP contribution < -0.4 is 5.73 Å². The number of methoxy groups -OCH3 is 1. The fourth-order valence-electron chi connectivity index (χ4n) is 1.40. The normalized spacial score (nSPS) is 13.7. The Morgan fingerprint density at radius 3 is 2.39 bits per heavy atom. The fraction of sp³-hybridized carbons (Fsp3) is 0.273. The number of hydrogen-bond donors (Lipinski definition) is 4. The molecular weight excluding hydrogens is 242 g/mol. The Morgan fingerprint density at radius 2 is 1.89 bits per heavy atom. The molecule has 1 rings (SSSR count). The highest BCUT2D eigenvalue weighted by molar-refractivity contribution is 5.89. The van der Waals surface area contributed by atoms with Crippen molar-refractivity contribution in [1.82, 2.24) is 0 Å². The van der Waals surface area contributed by atoms with Crippen LogP contribution in [0.2, 0.25) is 0 Å². The van der Waals surface area contributed by atoms with E-state index >= 15 is 0 Å². The molecule has 0 saturated carbocycles. The Morgan fingerprint density at radius 1 is 1.28 bits per heavy atom. The van der Waals surface area contributed by atoms with Gasteiger partial charge in [-0.15, -0.1) is 0 Å². The summed E-state index contributed by atoms with van der Waals surface area (Å²) in [4.78, 5) is 21.8. The van der Waals surface area contributed by atoms with Crippen molar-refractivity contribution >= 4 is 17.6 Å². The van der Waals surface area contributed by atoms with Gasteiger partial charge >= 0.3 is 11.9 Å². The van der Waals surface area contributed by atoms with Crippen LogP contribution in [0.15, 0.2) is 18.2 Å². The van der Waals surface area contributed by atoms with Gasteiger partial charge in [0.05, 0.1) is 12.7 Å². The van der Waals surface area contributed by atoms with Crippen molar-refractivity contribution in [3.63, 3.8) is 0 Å². The number of ether oxygens (including phenoxy) is 1. The van der Waals surface area contributed by atoms with Gasteiger partial charge in [-0.05, 0) is 23.8 Å². The van der Waals surface area contributed by atoms with E-state index in [9.17, 15) is 19.8 Å². The topological polar surface area (TPSA) is 130 Å². The Kier molecular flexibility index (Phi) is 4.24. The first kappa shape index (κ1) is 13.9. The largest absolute Gasteiger partial charge is 0.478 e. The second-order valence-electron chi connectivity index (χ2n) is 3.61. The molecule has 0 aromatic heterocycles. The van der Waals surface area contributed by atoms with Gasteiger partial charge in [-0.25, -0.2) is 9.59 Å². The summed E-state index contributed by atoms with van der Waals surface area (Å²) in [5, 5.41) is 28.0. The van der Waals surface area contributed by atoms with E-state index in [0.29, 0.717) is 0 Å². The maximum Gasteiger partial charge on any atom is 0.337 e. The maximum absolute atomic E-state index is 11.1. The highest BCUT2D eigenvalue weighted by atomic mass is 16.5. The van der Waals surface area contributed by atoms with Crippen LogP contribution in [0, 0.1) is 0 Å². The van der Waals surface area contributed by atoms with Gasteiger partial charge in [0.1, 0.15) is 6.10 Å². The number of carboxylic acids is 1. The van der Waals surface area contributed by atoms with Crippen LogP contribution in [0.25, 0.3) is 0 Å². The van der Waals surface area contributed by atoms with Crippen LogP contribution in [0.5, 0.6) is 0 Å². The van der Waals surface area contributed by atoms with Crippen molar-refractivity contribution in [2.75, 3.05) is 12.8 Å². The van der Waals surface area contributed by atoms with E-state index in [1.807, 2.05) is 0 Å². The lowest BCUT2D eigenvalue weighted by Gasteiger charge is -2.16. The number of nitrogen functional groups attached to an aromatic ring is 1. The number of rotatable bonds is 4. The molecule has 7 nitrogen and oxygen atoms in total.